The Kier molecular flexibility index (Phi) is 11.9. The number of hydrogen-bond donors (Lipinski definition) is 0. The van der Waals surface area contributed by atoms with Gasteiger partial charge < -0.3 is 4.98 Å². The van der Waals surface area contributed by atoms with E-state index in [0.717, 1.165) is 35.4 Å². The molecular formula is C43H42GeIrN2S-2. The zero-order valence-electron chi connectivity index (χ0n) is 28.6. The van der Waals surface area contributed by atoms with E-state index in [1.807, 2.05) is 41.8 Å². The van der Waals surface area contributed by atoms with Gasteiger partial charge in [-0.2, -0.15) is 11.3 Å². The van der Waals surface area contributed by atoms with Crippen molar-refractivity contribution in [3.05, 3.63) is 139 Å². The van der Waals surface area contributed by atoms with Crippen LogP contribution in [0.1, 0.15) is 43.7 Å². The number of aromatic nitrogens is 2. The van der Waals surface area contributed by atoms with Crippen LogP contribution in [0.15, 0.2) is 116 Å². The van der Waals surface area contributed by atoms with Gasteiger partial charge in [-0.3, -0.25) is 0 Å². The van der Waals surface area contributed by atoms with Gasteiger partial charge in [0.25, 0.3) is 0 Å². The van der Waals surface area contributed by atoms with Crippen molar-refractivity contribution in [2.75, 3.05) is 0 Å². The molecule has 0 fully saturated rings. The maximum Gasteiger partial charge on any atom is 0 e. The molecule has 0 aliphatic rings. The minimum absolute atomic E-state index is 0. The summed E-state index contributed by atoms with van der Waals surface area (Å²) < 4.78 is 4.07. The predicted octanol–water partition coefficient (Wildman–Crippen LogP) is 11.9. The van der Waals surface area contributed by atoms with E-state index in [0.29, 0.717) is 5.92 Å². The SMILES string of the molecule is CCC(CC)c1ccnc(-c2[c-]ccc3c2sc2cc(-c4ccccc4)ccc23)c1.Cc1cc(-c2[c-]cccc2)nc[c]1[Ge]([CH3])([CH3])[CH3].[Ir]. The van der Waals surface area contributed by atoms with E-state index < -0.39 is 13.3 Å². The van der Waals surface area contributed by atoms with Gasteiger partial charge in [-0.1, -0.05) is 73.3 Å². The molecule has 5 heteroatoms. The first-order valence-corrected chi connectivity index (χ1v) is 24.8. The molecule has 3 heterocycles. The molecule has 4 aromatic carbocycles. The van der Waals surface area contributed by atoms with E-state index in [-0.39, 0.29) is 20.1 Å². The van der Waals surface area contributed by atoms with E-state index in [9.17, 15) is 0 Å². The molecule has 0 saturated heterocycles. The Balaban J connectivity index is 0.000000214. The van der Waals surface area contributed by atoms with E-state index in [1.54, 1.807) is 0 Å². The molecule has 0 aliphatic carbocycles. The minimum atomic E-state index is -1.77. The molecule has 1 radical (unpaired) electrons. The second-order valence-electron chi connectivity index (χ2n) is 13.2. The van der Waals surface area contributed by atoms with Crippen LogP contribution in [0.4, 0.5) is 0 Å². The molecule has 0 aliphatic heterocycles. The van der Waals surface area contributed by atoms with Crippen LogP contribution in [0.25, 0.3) is 53.8 Å². The number of fused-ring (bicyclic) bond motifs is 3. The van der Waals surface area contributed by atoms with Crippen molar-refractivity contribution in [1.29, 1.82) is 0 Å². The van der Waals surface area contributed by atoms with Gasteiger partial charge in [0.1, 0.15) is 0 Å². The van der Waals surface area contributed by atoms with Gasteiger partial charge in [0.2, 0.25) is 0 Å². The third-order valence-electron chi connectivity index (χ3n) is 8.94. The summed E-state index contributed by atoms with van der Waals surface area (Å²) in [5, 5.41) is 2.60. The van der Waals surface area contributed by atoms with Crippen LogP contribution >= 0.6 is 11.3 Å². The largest absolute Gasteiger partial charge is 0 e. The van der Waals surface area contributed by atoms with E-state index >= 15 is 0 Å². The topological polar surface area (TPSA) is 25.8 Å². The number of rotatable bonds is 7. The first-order valence-electron chi connectivity index (χ1n) is 16.6. The molecule has 3 aromatic heterocycles. The summed E-state index contributed by atoms with van der Waals surface area (Å²) in [5.74, 6) is 7.79. The number of hydrogen-bond acceptors (Lipinski definition) is 3. The number of benzene rings is 4. The van der Waals surface area contributed by atoms with Crippen molar-refractivity contribution < 1.29 is 20.1 Å². The second-order valence-corrected chi connectivity index (χ2v) is 24.8. The number of pyridine rings is 2. The van der Waals surface area contributed by atoms with Crippen LogP contribution < -0.4 is 4.40 Å². The van der Waals surface area contributed by atoms with Crippen LogP contribution in [-0.2, 0) is 20.1 Å². The molecule has 0 unspecified atom stereocenters. The van der Waals surface area contributed by atoms with Crippen LogP contribution in [0, 0.1) is 19.1 Å². The smallest absolute Gasteiger partial charge is 0 e. The van der Waals surface area contributed by atoms with Crippen LogP contribution in [0.2, 0.25) is 17.3 Å². The van der Waals surface area contributed by atoms with Gasteiger partial charge in [-0.05, 0) is 57.8 Å². The first kappa shape index (κ1) is 35.9. The van der Waals surface area contributed by atoms with Gasteiger partial charge in [0.05, 0.1) is 0 Å². The standard InChI is InChI=1S/C28H24NS.C15H18GeN.Ir/c1-3-19(4-2)22-15-16-29-26(17-22)25-12-8-11-24-23-14-13-21(18-27(23)30-28(24)25)20-9-6-5-7-10-20;1-12-10-15(13-8-6-5-7-9-13)17-11-14(12)16(2,3)4;/h5-11,13-19H,3-4H2,1-2H3;5-8,10-11H,1-4H3;/q2*-1;. The summed E-state index contributed by atoms with van der Waals surface area (Å²) >= 11 is 0.0739. The fourth-order valence-corrected chi connectivity index (χ4v) is 11.2. The minimum Gasteiger partial charge on any atom is 0 e. The Morgan fingerprint density at radius 2 is 1.50 bits per heavy atom. The molecule has 0 bridgehead atoms. The van der Waals surface area contributed by atoms with Crippen molar-refractivity contribution in [3.8, 4) is 33.6 Å². The maximum atomic E-state index is 4.72. The van der Waals surface area contributed by atoms with Crippen LogP contribution in [0.5, 0.6) is 0 Å². The summed E-state index contributed by atoms with van der Waals surface area (Å²) in [4.78, 5) is 9.31. The van der Waals surface area contributed by atoms with Crippen molar-refractivity contribution in [2.45, 2.75) is 56.8 Å². The molecule has 0 spiro atoms. The average molecular weight is 884 g/mol. The molecular weight excluding hydrogens is 841 g/mol. The van der Waals surface area contributed by atoms with Crippen LogP contribution in [-0.4, -0.2) is 23.2 Å². The van der Waals surface area contributed by atoms with Gasteiger partial charge >= 0.3 is 106 Å². The van der Waals surface area contributed by atoms with Crippen molar-refractivity contribution in [1.82, 2.24) is 9.97 Å². The summed E-state index contributed by atoms with van der Waals surface area (Å²) in [6, 6.07) is 42.9. The van der Waals surface area contributed by atoms with E-state index in [1.165, 1.54) is 46.8 Å². The molecule has 2 nitrogen and oxygen atoms in total. The molecule has 0 amide bonds. The Bertz CT molecular complexity index is 2110. The summed E-state index contributed by atoms with van der Waals surface area (Å²) in [5.41, 5.74) is 9.50. The fraction of sp³-hybridized carbons (Fsp3) is 0.209. The summed E-state index contributed by atoms with van der Waals surface area (Å²) in [6.45, 7) is 6.72. The molecule has 0 N–H and O–H groups in total. The van der Waals surface area contributed by atoms with Crippen molar-refractivity contribution in [2.24, 2.45) is 0 Å². The normalized spacial score (nSPS) is 11.3. The first-order chi connectivity index (χ1) is 22.8. The van der Waals surface area contributed by atoms with Crippen molar-refractivity contribution in [3.63, 3.8) is 0 Å². The Hall–Kier alpha value is -3.41. The average Bonchev–Trinajstić information content (AvgIpc) is 3.48. The quantitative estimate of drug-likeness (QED) is 0.118. The van der Waals surface area contributed by atoms with E-state index in [4.69, 9.17) is 4.98 Å². The Morgan fingerprint density at radius 1 is 0.729 bits per heavy atom. The Morgan fingerprint density at radius 3 is 2.19 bits per heavy atom. The Labute approximate surface area is 306 Å². The van der Waals surface area contributed by atoms with E-state index in [2.05, 4.69) is 140 Å². The molecule has 7 aromatic rings. The monoisotopic (exact) mass is 885 g/mol. The molecule has 245 valence electrons. The molecule has 48 heavy (non-hydrogen) atoms. The van der Waals surface area contributed by atoms with Gasteiger partial charge in [-0.15, -0.1) is 23.8 Å². The summed E-state index contributed by atoms with van der Waals surface area (Å²) in [6.07, 6.45) is 6.33. The number of aryl methyl sites for hydroxylation is 1. The molecule has 0 atom stereocenters. The molecule has 0 saturated carbocycles. The van der Waals surface area contributed by atoms with Gasteiger partial charge in [-0.25, -0.2) is 0 Å². The third-order valence-corrected chi connectivity index (χ3v) is 14.6. The van der Waals surface area contributed by atoms with Crippen LogP contribution in [0.3, 0.4) is 0 Å². The zero-order valence-corrected chi connectivity index (χ0v) is 33.9. The predicted molar refractivity (Wildman–Crippen MR) is 206 cm³/mol. The number of thiophene rings is 1. The number of nitrogens with zero attached hydrogens (tertiary/aromatic N) is 2. The van der Waals surface area contributed by atoms with Crippen molar-refractivity contribution >= 4 is 49.2 Å². The van der Waals surface area contributed by atoms with Gasteiger partial charge in [0, 0.05) is 31.0 Å². The third kappa shape index (κ3) is 7.90. The summed E-state index contributed by atoms with van der Waals surface area (Å²) in [7, 11) is 0. The zero-order chi connectivity index (χ0) is 33.0. The molecule has 7 rings (SSSR count). The second kappa shape index (κ2) is 15.9. The fourth-order valence-electron chi connectivity index (χ4n) is 6.38. The maximum absolute atomic E-state index is 4.72. The van der Waals surface area contributed by atoms with Gasteiger partial charge in [0.15, 0.2) is 0 Å².